The molecule has 2 saturated heterocycles. The molecule has 176 valence electrons. The Balaban J connectivity index is 0.000000569. The molecule has 2 aromatic heterocycles. The van der Waals surface area contributed by atoms with Gasteiger partial charge in [0.1, 0.15) is 11.9 Å². The van der Waals surface area contributed by atoms with Crippen LogP contribution in [0.1, 0.15) is 36.8 Å². The SMILES string of the molecule is CC(=O)Cl.Cc1cnc(OC2CN(c3ccc4ccccc4n3)C2)c(C2CCNCC2)c1.Cl. The second-order valence-corrected chi connectivity index (χ2v) is 8.94. The number of fused-ring (bicyclic) bond motifs is 1. The topological polar surface area (TPSA) is 67.3 Å². The number of ether oxygens (including phenoxy) is 1. The minimum Gasteiger partial charge on any atom is -0.470 e. The molecule has 2 aliphatic heterocycles. The third-order valence-electron chi connectivity index (χ3n) is 5.83. The van der Waals surface area contributed by atoms with Crippen molar-refractivity contribution in [3.63, 3.8) is 0 Å². The molecule has 0 atom stereocenters. The van der Waals surface area contributed by atoms with E-state index in [0.29, 0.717) is 5.92 Å². The van der Waals surface area contributed by atoms with Crippen LogP contribution in [0.3, 0.4) is 0 Å². The number of nitrogens with zero attached hydrogens (tertiary/aromatic N) is 3. The zero-order chi connectivity index (χ0) is 22.5. The summed E-state index contributed by atoms with van der Waals surface area (Å²) in [6, 6.07) is 14.7. The van der Waals surface area contributed by atoms with Crippen molar-refractivity contribution in [3.8, 4) is 5.88 Å². The number of aromatic nitrogens is 2. The summed E-state index contributed by atoms with van der Waals surface area (Å²) in [5, 5.41) is 4.26. The second kappa shape index (κ2) is 11.6. The van der Waals surface area contributed by atoms with Gasteiger partial charge in [0.05, 0.1) is 18.6 Å². The lowest BCUT2D eigenvalue weighted by atomic mass is 9.90. The minimum atomic E-state index is -0.361. The number of carbonyl (C=O) groups excluding carboxylic acids is 1. The monoisotopic (exact) mass is 488 g/mol. The number of anilines is 1. The minimum absolute atomic E-state index is 0. The third kappa shape index (κ3) is 6.56. The summed E-state index contributed by atoms with van der Waals surface area (Å²) >= 11 is 4.64. The van der Waals surface area contributed by atoms with Crippen molar-refractivity contribution in [1.82, 2.24) is 15.3 Å². The van der Waals surface area contributed by atoms with E-state index in [4.69, 9.17) is 9.72 Å². The largest absolute Gasteiger partial charge is 0.470 e. The molecule has 3 aromatic rings. The Morgan fingerprint density at radius 1 is 1.15 bits per heavy atom. The fourth-order valence-corrected chi connectivity index (χ4v) is 4.19. The van der Waals surface area contributed by atoms with Crippen LogP contribution >= 0.6 is 24.0 Å². The number of benzene rings is 1. The highest BCUT2D eigenvalue weighted by molar-refractivity contribution is 6.62. The lowest BCUT2D eigenvalue weighted by Crippen LogP contribution is -2.54. The molecule has 4 heterocycles. The molecular formula is C25H30Cl2N4O2. The molecule has 1 aromatic carbocycles. The van der Waals surface area contributed by atoms with Gasteiger partial charge in [0.15, 0.2) is 0 Å². The lowest BCUT2D eigenvalue weighted by molar-refractivity contribution is -0.109. The first-order chi connectivity index (χ1) is 15.5. The molecule has 0 spiro atoms. The number of carbonyl (C=O) groups is 1. The maximum absolute atomic E-state index is 9.21. The number of aryl methyl sites for hydroxylation is 1. The standard InChI is InChI=1S/C23H26N4O.C2H3ClO.ClH/c1-16-12-20(17-8-10-24-11-9-17)23(25-13-16)28-19-14-27(15-19)22-7-6-18-4-2-3-5-21(18)26-22;1-2(3)4;/h2-7,12-13,17,19,24H,8-11,14-15H2,1H3;1H3;1H. The van der Waals surface area contributed by atoms with Gasteiger partial charge in [-0.05, 0) is 80.2 Å². The van der Waals surface area contributed by atoms with Gasteiger partial charge in [-0.15, -0.1) is 12.4 Å². The van der Waals surface area contributed by atoms with Crippen LogP contribution in [-0.2, 0) is 4.79 Å². The van der Waals surface area contributed by atoms with E-state index in [0.717, 1.165) is 56.2 Å². The molecule has 33 heavy (non-hydrogen) atoms. The first-order valence-corrected chi connectivity index (χ1v) is 11.5. The Morgan fingerprint density at radius 3 is 2.58 bits per heavy atom. The summed E-state index contributed by atoms with van der Waals surface area (Å²) in [5.41, 5.74) is 3.53. The number of para-hydroxylation sites is 1. The summed E-state index contributed by atoms with van der Waals surface area (Å²) in [6.07, 6.45) is 4.39. The maximum atomic E-state index is 9.21. The summed E-state index contributed by atoms with van der Waals surface area (Å²) in [6.45, 7) is 7.25. The average Bonchev–Trinajstić information content (AvgIpc) is 2.76. The Labute approximate surface area is 206 Å². The van der Waals surface area contributed by atoms with Crippen LogP contribution in [0.2, 0.25) is 0 Å². The van der Waals surface area contributed by atoms with E-state index in [1.54, 1.807) is 0 Å². The highest BCUT2D eigenvalue weighted by Crippen LogP contribution is 2.33. The van der Waals surface area contributed by atoms with Crippen LogP contribution in [0, 0.1) is 6.92 Å². The zero-order valence-electron chi connectivity index (χ0n) is 19.0. The van der Waals surface area contributed by atoms with E-state index >= 15 is 0 Å². The predicted octanol–water partition coefficient (Wildman–Crippen LogP) is 4.87. The van der Waals surface area contributed by atoms with Crippen LogP contribution in [0.5, 0.6) is 5.88 Å². The fourth-order valence-electron chi connectivity index (χ4n) is 4.19. The molecule has 6 nitrogen and oxygen atoms in total. The summed E-state index contributed by atoms with van der Waals surface area (Å²) in [5.74, 6) is 2.39. The smallest absolute Gasteiger partial charge is 0.218 e. The van der Waals surface area contributed by atoms with E-state index < -0.39 is 0 Å². The number of hydrogen-bond donors (Lipinski definition) is 1. The van der Waals surface area contributed by atoms with Crippen molar-refractivity contribution in [2.24, 2.45) is 0 Å². The van der Waals surface area contributed by atoms with Crippen molar-refractivity contribution in [3.05, 3.63) is 59.8 Å². The molecular weight excluding hydrogens is 459 g/mol. The number of halogens is 2. The summed E-state index contributed by atoms with van der Waals surface area (Å²) in [4.78, 5) is 20.9. The van der Waals surface area contributed by atoms with E-state index in [1.807, 2.05) is 18.3 Å². The molecule has 0 aliphatic carbocycles. The highest BCUT2D eigenvalue weighted by Gasteiger charge is 2.31. The predicted molar refractivity (Wildman–Crippen MR) is 136 cm³/mol. The van der Waals surface area contributed by atoms with Gasteiger partial charge in [0, 0.05) is 24.1 Å². The molecule has 8 heteroatoms. The van der Waals surface area contributed by atoms with Crippen LogP contribution in [0.25, 0.3) is 10.9 Å². The Morgan fingerprint density at radius 2 is 1.85 bits per heavy atom. The van der Waals surface area contributed by atoms with Crippen LogP contribution in [0.4, 0.5) is 5.82 Å². The zero-order valence-corrected chi connectivity index (χ0v) is 20.5. The average molecular weight is 489 g/mol. The first-order valence-electron chi connectivity index (χ1n) is 11.1. The molecule has 2 fully saturated rings. The van der Waals surface area contributed by atoms with Gasteiger partial charge in [-0.2, -0.15) is 0 Å². The van der Waals surface area contributed by atoms with Gasteiger partial charge >= 0.3 is 0 Å². The molecule has 1 N–H and O–H groups in total. The number of piperidine rings is 1. The van der Waals surface area contributed by atoms with Crippen molar-refractivity contribution in [2.75, 3.05) is 31.1 Å². The number of pyridine rings is 2. The first kappa shape index (κ1) is 25.2. The summed E-state index contributed by atoms with van der Waals surface area (Å²) < 4.78 is 6.33. The van der Waals surface area contributed by atoms with Gasteiger partial charge in [-0.3, -0.25) is 4.79 Å². The third-order valence-corrected chi connectivity index (χ3v) is 5.83. The Kier molecular flexibility index (Phi) is 8.89. The molecule has 0 radical (unpaired) electrons. The van der Waals surface area contributed by atoms with Gasteiger partial charge in [0.25, 0.3) is 0 Å². The van der Waals surface area contributed by atoms with E-state index in [9.17, 15) is 4.79 Å². The van der Waals surface area contributed by atoms with E-state index in [1.165, 1.54) is 23.4 Å². The number of hydrogen-bond acceptors (Lipinski definition) is 6. The second-order valence-electron chi connectivity index (χ2n) is 8.41. The maximum Gasteiger partial charge on any atom is 0.218 e. The van der Waals surface area contributed by atoms with Crippen LogP contribution < -0.4 is 15.0 Å². The van der Waals surface area contributed by atoms with Crippen molar-refractivity contribution in [1.29, 1.82) is 0 Å². The molecule has 0 amide bonds. The van der Waals surface area contributed by atoms with Crippen molar-refractivity contribution < 1.29 is 9.53 Å². The molecule has 0 bridgehead atoms. The Hall–Kier alpha value is -2.41. The summed E-state index contributed by atoms with van der Waals surface area (Å²) in [7, 11) is 0. The molecule has 0 saturated carbocycles. The van der Waals surface area contributed by atoms with Crippen LogP contribution in [0.15, 0.2) is 48.7 Å². The van der Waals surface area contributed by atoms with E-state index in [-0.39, 0.29) is 23.8 Å². The molecule has 2 aliphatic rings. The van der Waals surface area contributed by atoms with Gasteiger partial charge in [-0.1, -0.05) is 18.2 Å². The quantitative estimate of drug-likeness (QED) is 0.528. The van der Waals surface area contributed by atoms with Crippen molar-refractivity contribution in [2.45, 2.75) is 38.7 Å². The Bertz CT molecular complexity index is 1080. The van der Waals surface area contributed by atoms with E-state index in [2.05, 4.69) is 64.1 Å². The lowest BCUT2D eigenvalue weighted by Gasteiger charge is -2.40. The number of nitrogens with one attached hydrogen (secondary N) is 1. The highest BCUT2D eigenvalue weighted by atomic mass is 35.5. The van der Waals surface area contributed by atoms with Gasteiger partial charge < -0.3 is 15.0 Å². The number of rotatable bonds is 4. The van der Waals surface area contributed by atoms with Gasteiger partial charge in [0.2, 0.25) is 11.1 Å². The van der Waals surface area contributed by atoms with Crippen LogP contribution in [-0.4, -0.2) is 47.5 Å². The molecule has 5 rings (SSSR count). The normalized spacial score (nSPS) is 16.3. The van der Waals surface area contributed by atoms with Crippen molar-refractivity contribution >= 4 is 46.0 Å². The molecule has 0 unspecified atom stereocenters. The van der Waals surface area contributed by atoms with Gasteiger partial charge in [-0.25, -0.2) is 9.97 Å². The fraction of sp³-hybridized carbons (Fsp3) is 0.400.